The van der Waals surface area contributed by atoms with Gasteiger partial charge in [-0.05, 0) is 42.7 Å². The summed E-state index contributed by atoms with van der Waals surface area (Å²) in [6.07, 6.45) is 2.02. The van der Waals surface area contributed by atoms with Crippen LogP contribution in [-0.2, 0) is 6.42 Å². The second-order valence-corrected chi connectivity index (χ2v) is 9.41. The van der Waals surface area contributed by atoms with Gasteiger partial charge in [-0.2, -0.15) is 0 Å². The van der Waals surface area contributed by atoms with E-state index in [9.17, 15) is 0 Å². The number of nitrogens with one attached hydrogen (secondary N) is 2. The van der Waals surface area contributed by atoms with Crippen molar-refractivity contribution in [3.8, 4) is 0 Å². The van der Waals surface area contributed by atoms with E-state index in [1.54, 1.807) is 23.1 Å². The summed E-state index contributed by atoms with van der Waals surface area (Å²) in [5.74, 6) is 1.08. The van der Waals surface area contributed by atoms with Crippen LogP contribution in [0.3, 0.4) is 0 Å². The Labute approximate surface area is 182 Å². The molecule has 0 aliphatic carbocycles. The third kappa shape index (κ3) is 4.74. The minimum Gasteiger partial charge on any atom is -0.361 e. The first-order valence-electron chi connectivity index (χ1n) is 9.16. The molecule has 146 valence electrons. The van der Waals surface area contributed by atoms with Crippen LogP contribution in [0.1, 0.15) is 18.9 Å². The summed E-state index contributed by atoms with van der Waals surface area (Å²) < 4.78 is 1.03. The molecule has 0 saturated heterocycles. The van der Waals surface area contributed by atoms with Crippen molar-refractivity contribution in [3.05, 3.63) is 52.0 Å². The van der Waals surface area contributed by atoms with Crippen LogP contribution in [0.4, 0.5) is 10.8 Å². The number of benzene rings is 2. The summed E-state index contributed by atoms with van der Waals surface area (Å²) in [7, 11) is 0. The molecule has 1 aliphatic rings. The molecule has 0 spiro atoms. The van der Waals surface area contributed by atoms with Gasteiger partial charge in [-0.25, -0.2) is 4.98 Å². The van der Waals surface area contributed by atoms with Crippen LogP contribution in [0.5, 0.6) is 0 Å². The fraction of sp³-hybridized carbons (Fsp3) is 0.300. The minimum absolute atomic E-state index is 0.451. The summed E-state index contributed by atoms with van der Waals surface area (Å²) in [5.41, 5.74) is 3.23. The van der Waals surface area contributed by atoms with Gasteiger partial charge >= 0.3 is 0 Å². The molecule has 2 N–H and O–H groups in total. The molecule has 2 heterocycles. The van der Waals surface area contributed by atoms with E-state index in [4.69, 9.17) is 23.2 Å². The SMILES string of the molecule is CC[C@@H]1CSC(Nc2ccc(CCNc3nc4cc(Cl)c(Cl)cc4s3)cc2)=N1. The predicted molar refractivity (Wildman–Crippen MR) is 126 cm³/mol. The molecular formula is C20H20Cl2N4S2. The molecule has 3 aromatic rings. The van der Waals surface area contributed by atoms with Gasteiger partial charge in [0.15, 0.2) is 10.3 Å². The largest absolute Gasteiger partial charge is 0.361 e. The second kappa shape index (κ2) is 8.91. The van der Waals surface area contributed by atoms with Crippen LogP contribution < -0.4 is 10.6 Å². The summed E-state index contributed by atoms with van der Waals surface area (Å²) in [5, 5.41) is 9.80. The zero-order chi connectivity index (χ0) is 19.5. The van der Waals surface area contributed by atoms with Gasteiger partial charge in [0.05, 0.1) is 26.3 Å². The first-order valence-corrected chi connectivity index (χ1v) is 11.7. The van der Waals surface area contributed by atoms with Crippen molar-refractivity contribution in [1.29, 1.82) is 0 Å². The predicted octanol–water partition coefficient (Wildman–Crippen LogP) is 6.55. The van der Waals surface area contributed by atoms with Gasteiger partial charge in [0.1, 0.15) is 0 Å². The fourth-order valence-corrected chi connectivity index (χ4v) is 5.26. The smallest absolute Gasteiger partial charge is 0.183 e. The van der Waals surface area contributed by atoms with Crippen LogP contribution in [0.25, 0.3) is 10.2 Å². The Morgan fingerprint density at radius 1 is 1.14 bits per heavy atom. The molecular weight excluding hydrogens is 431 g/mol. The molecule has 0 unspecified atom stereocenters. The van der Waals surface area contributed by atoms with E-state index in [1.807, 2.05) is 12.1 Å². The van der Waals surface area contributed by atoms with Crippen molar-refractivity contribution < 1.29 is 0 Å². The van der Waals surface area contributed by atoms with Crippen molar-refractivity contribution >= 4 is 72.5 Å². The molecule has 1 atom stereocenters. The summed E-state index contributed by atoms with van der Waals surface area (Å²) in [6.45, 7) is 2.99. The Morgan fingerprint density at radius 2 is 1.93 bits per heavy atom. The van der Waals surface area contributed by atoms with Crippen molar-refractivity contribution in [3.63, 3.8) is 0 Å². The zero-order valence-corrected chi connectivity index (χ0v) is 18.5. The minimum atomic E-state index is 0.451. The molecule has 28 heavy (non-hydrogen) atoms. The highest BCUT2D eigenvalue weighted by Gasteiger charge is 2.16. The van der Waals surface area contributed by atoms with E-state index in [0.29, 0.717) is 16.1 Å². The normalized spacial score (nSPS) is 16.4. The van der Waals surface area contributed by atoms with E-state index in [0.717, 1.165) is 51.3 Å². The number of hydrogen-bond donors (Lipinski definition) is 2. The van der Waals surface area contributed by atoms with Crippen LogP contribution in [-0.4, -0.2) is 28.5 Å². The molecule has 0 saturated carbocycles. The average Bonchev–Trinajstić information content (AvgIpc) is 3.30. The van der Waals surface area contributed by atoms with Gasteiger partial charge in [-0.3, -0.25) is 4.99 Å². The van der Waals surface area contributed by atoms with Crippen molar-refractivity contribution in [2.75, 3.05) is 22.9 Å². The molecule has 8 heteroatoms. The van der Waals surface area contributed by atoms with Crippen LogP contribution in [0.2, 0.25) is 10.0 Å². The number of thiazole rings is 1. The lowest BCUT2D eigenvalue weighted by molar-refractivity contribution is 0.738. The maximum absolute atomic E-state index is 6.07. The molecule has 0 bridgehead atoms. The molecule has 0 amide bonds. The van der Waals surface area contributed by atoms with Gasteiger partial charge in [-0.15, -0.1) is 0 Å². The monoisotopic (exact) mass is 450 g/mol. The Hall–Kier alpha value is -1.47. The zero-order valence-electron chi connectivity index (χ0n) is 15.3. The quantitative estimate of drug-likeness (QED) is 0.446. The van der Waals surface area contributed by atoms with E-state index < -0.39 is 0 Å². The number of amidine groups is 1. The number of thioether (sulfide) groups is 1. The molecule has 0 radical (unpaired) electrons. The molecule has 1 aliphatic heterocycles. The maximum atomic E-state index is 6.07. The maximum Gasteiger partial charge on any atom is 0.183 e. The topological polar surface area (TPSA) is 49.3 Å². The number of fused-ring (bicyclic) bond motifs is 1. The summed E-state index contributed by atoms with van der Waals surface area (Å²) in [4.78, 5) is 9.24. The van der Waals surface area contributed by atoms with E-state index >= 15 is 0 Å². The lowest BCUT2D eigenvalue weighted by Crippen LogP contribution is -2.06. The van der Waals surface area contributed by atoms with Crippen LogP contribution in [0, 0.1) is 0 Å². The Bertz CT molecular complexity index is 962. The molecule has 4 rings (SSSR count). The highest BCUT2D eigenvalue weighted by molar-refractivity contribution is 8.14. The van der Waals surface area contributed by atoms with Gasteiger partial charge in [0.25, 0.3) is 0 Å². The molecule has 4 nitrogen and oxygen atoms in total. The first kappa shape index (κ1) is 19.8. The number of aliphatic imine (C=N–C) groups is 1. The van der Waals surface area contributed by atoms with Gasteiger partial charge in [0.2, 0.25) is 0 Å². The Morgan fingerprint density at radius 3 is 2.68 bits per heavy atom. The highest BCUT2D eigenvalue weighted by atomic mass is 35.5. The number of nitrogens with zero attached hydrogens (tertiary/aromatic N) is 2. The number of halogens is 2. The van der Waals surface area contributed by atoms with Crippen LogP contribution in [0.15, 0.2) is 41.4 Å². The van der Waals surface area contributed by atoms with Gasteiger partial charge in [0, 0.05) is 18.0 Å². The van der Waals surface area contributed by atoms with E-state index in [-0.39, 0.29) is 0 Å². The summed E-state index contributed by atoms with van der Waals surface area (Å²) >= 11 is 15.5. The lowest BCUT2D eigenvalue weighted by Gasteiger charge is -2.07. The number of hydrogen-bond acceptors (Lipinski definition) is 6. The fourth-order valence-electron chi connectivity index (χ4n) is 2.88. The Balaban J connectivity index is 1.30. The Kier molecular flexibility index (Phi) is 6.31. The number of aromatic nitrogens is 1. The number of anilines is 2. The lowest BCUT2D eigenvalue weighted by atomic mass is 10.1. The number of rotatable bonds is 6. The first-order chi connectivity index (χ1) is 13.6. The van der Waals surface area contributed by atoms with Crippen molar-refractivity contribution in [2.45, 2.75) is 25.8 Å². The molecule has 2 aromatic carbocycles. The third-order valence-corrected chi connectivity index (χ3v) is 7.24. The van der Waals surface area contributed by atoms with Crippen LogP contribution >= 0.6 is 46.3 Å². The van der Waals surface area contributed by atoms with Gasteiger partial charge in [-0.1, -0.05) is 65.4 Å². The molecule has 1 aromatic heterocycles. The van der Waals surface area contributed by atoms with Gasteiger partial charge < -0.3 is 10.6 Å². The average molecular weight is 451 g/mol. The summed E-state index contributed by atoms with van der Waals surface area (Å²) in [6, 6.07) is 12.6. The third-order valence-electron chi connectivity index (χ3n) is 4.51. The van der Waals surface area contributed by atoms with E-state index in [2.05, 4.69) is 51.8 Å². The molecule has 0 fully saturated rings. The van der Waals surface area contributed by atoms with Crippen molar-refractivity contribution in [1.82, 2.24) is 4.98 Å². The standard InChI is InChI=1S/C20H20Cl2N4S2/c1-2-13-11-27-20(24-13)25-14-5-3-12(4-6-14)7-8-23-19-26-17-9-15(21)16(22)10-18(17)28-19/h3-6,9-10,13H,2,7-8,11H2,1H3,(H,23,26)(H,24,25)/t13-/m1/s1. The van der Waals surface area contributed by atoms with Crippen molar-refractivity contribution in [2.24, 2.45) is 4.99 Å². The highest BCUT2D eigenvalue weighted by Crippen LogP contribution is 2.33. The van der Waals surface area contributed by atoms with E-state index in [1.165, 1.54) is 5.56 Å². The second-order valence-electron chi connectivity index (χ2n) is 6.56.